The fraction of sp³-hybridized carbons (Fsp3) is 0.333. The first-order chi connectivity index (χ1) is 5.79. The zero-order valence-electron chi connectivity index (χ0n) is 6.81. The van der Waals surface area contributed by atoms with Gasteiger partial charge in [-0.15, -0.1) is 0 Å². The van der Waals surface area contributed by atoms with E-state index in [4.69, 9.17) is 4.74 Å². The number of hydrogen-bond donors (Lipinski definition) is 0. The SMILES string of the molecule is COCc1cccc(Br)c1CBr. The Morgan fingerprint density at radius 1 is 1.42 bits per heavy atom. The highest BCUT2D eigenvalue weighted by molar-refractivity contribution is 9.10. The maximum absolute atomic E-state index is 5.08. The number of ether oxygens (including phenoxy) is 1. The monoisotopic (exact) mass is 292 g/mol. The lowest BCUT2D eigenvalue weighted by Crippen LogP contribution is -1.94. The van der Waals surface area contributed by atoms with Crippen LogP contribution in [0.1, 0.15) is 11.1 Å². The van der Waals surface area contributed by atoms with Crippen LogP contribution in [0.25, 0.3) is 0 Å². The van der Waals surface area contributed by atoms with Crippen LogP contribution in [0.4, 0.5) is 0 Å². The Bertz CT molecular complexity index is 261. The highest BCUT2D eigenvalue weighted by atomic mass is 79.9. The van der Waals surface area contributed by atoms with Gasteiger partial charge in [-0.3, -0.25) is 0 Å². The minimum atomic E-state index is 0.667. The van der Waals surface area contributed by atoms with Crippen molar-refractivity contribution in [2.75, 3.05) is 7.11 Å². The van der Waals surface area contributed by atoms with Gasteiger partial charge >= 0.3 is 0 Å². The van der Waals surface area contributed by atoms with E-state index >= 15 is 0 Å². The zero-order chi connectivity index (χ0) is 8.97. The maximum Gasteiger partial charge on any atom is 0.0716 e. The summed E-state index contributed by atoms with van der Waals surface area (Å²) in [5, 5.41) is 0.854. The normalized spacial score (nSPS) is 10.2. The number of alkyl halides is 1. The Balaban J connectivity index is 3.00. The fourth-order valence-corrected chi connectivity index (χ4v) is 2.63. The van der Waals surface area contributed by atoms with Gasteiger partial charge in [-0.05, 0) is 17.2 Å². The smallest absolute Gasteiger partial charge is 0.0716 e. The second-order valence-corrected chi connectivity index (χ2v) is 3.86. The van der Waals surface area contributed by atoms with E-state index in [1.807, 2.05) is 12.1 Å². The van der Waals surface area contributed by atoms with Crippen molar-refractivity contribution >= 4 is 31.9 Å². The predicted molar refractivity (Wildman–Crippen MR) is 57.5 cm³/mol. The molecule has 0 heterocycles. The van der Waals surface area contributed by atoms with Crippen molar-refractivity contribution in [3.8, 4) is 0 Å². The predicted octanol–water partition coefficient (Wildman–Crippen LogP) is 3.49. The molecule has 0 amide bonds. The molecular weight excluding hydrogens is 284 g/mol. The average molecular weight is 294 g/mol. The number of halogens is 2. The van der Waals surface area contributed by atoms with E-state index in [2.05, 4.69) is 37.9 Å². The third kappa shape index (κ3) is 2.31. The summed E-state index contributed by atoms with van der Waals surface area (Å²) in [7, 11) is 1.71. The Morgan fingerprint density at radius 3 is 2.75 bits per heavy atom. The topological polar surface area (TPSA) is 9.23 Å². The molecule has 0 atom stereocenters. The molecule has 0 aliphatic carbocycles. The molecule has 1 nitrogen and oxygen atoms in total. The summed E-state index contributed by atoms with van der Waals surface area (Å²) >= 11 is 6.94. The van der Waals surface area contributed by atoms with Crippen molar-refractivity contribution in [3.63, 3.8) is 0 Å². The van der Waals surface area contributed by atoms with Gasteiger partial charge in [0, 0.05) is 16.9 Å². The first-order valence-corrected chi connectivity index (χ1v) is 5.52. The second-order valence-electron chi connectivity index (χ2n) is 2.44. The van der Waals surface area contributed by atoms with E-state index in [-0.39, 0.29) is 0 Å². The number of methoxy groups -OCH3 is 1. The van der Waals surface area contributed by atoms with E-state index in [1.54, 1.807) is 7.11 Å². The van der Waals surface area contributed by atoms with Gasteiger partial charge in [0.2, 0.25) is 0 Å². The molecule has 0 saturated carbocycles. The van der Waals surface area contributed by atoms with Gasteiger partial charge in [0.05, 0.1) is 6.61 Å². The molecule has 0 saturated heterocycles. The summed E-state index contributed by atoms with van der Waals surface area (Å²) in [6.07, 6.45) is 0. The second kappa shape index (κ2) is 5.00. The lowest BCUT2D eigenvalue weighted by molar-refractivity contribution is 0.184. The molecule has 0 N–H and O–H groups in total. The van der Waals surface area contributed by atoms with Crippen molar-refractivity contribution in [3.05, 3.63) is 33.8 Å². The van der Waals surface area contributed by atoms with Crippen LogP contribution in [0.3, 0.4) is 0 Å². The van der Waals surface area contributed by atoms with Gasteiger partial charge in [-0.2, -0.15) is 0 Å². The van der Waals surface area contributed by atoms with Gasteiger partial charge < -0.3 is 4.74 Å². The van der Waals surface area contributed by atoms with Crippen LogP contribution in [0.2, 0.25) is 0 Å². The first kappa shape index (κ1) is 10.2. The largest absolute Gasteiger partial charge is 0.380 e. The molecule has 0 radical (unpaired) electrons. The number of rotatable bonds is 3. The van der Waals surface area contributed by atoms with Crippen molar-refractivity contribution in [2.24, 2.45) is 0 Å². The van der Waals surface area contributed by atoms with Gasteiger partial charge in [-0.1, -0.05) is 44.0 Å². The van der Waals surface area contributed by atoms with E-state index in [9.17, 15) is 0 Å². The lowest BCUT2D eigenvalue weighted by atomic mass is 10.1. The van der Waals surface area contributed by atoms with Crippen LogP contribution in [-0.4, -0.2) is 7.11 Å². The first-order valence-electron chi connectivity index (χ1n) is 3.60. The zero-order valence-corrected chi connectivity index (χ0v) is 9.98. The Hall–Kier alpha value is 0.140. The molecule has 1 aromatic carbocycles. The Kier molecular flexibility index (Phi) is 4.26. The van der Waals surface area contributed by atoms with Crippen LogP contribution in [-0.2, 0) is 16.7 Å². The van der Waals surface area contributed by atoms with E-state index < -0.39 is 0 Å². The fourth-order valence-electron chi connectivity index (χ4n) is 1.04. The third-order valence-electron chi connectivity index (χ3n) is 1.65. The molecule has 1 aromatic rings. The van der Waals surface area contributed by atoms with Crippen LogP contribution in [0.15, 0.2) is 22.7 Å². The summed E-state index contributed by atoms with van der Waals surface area (Å²) in [4.78, 5) is 0. The molecule has 0 spiro atoms. The summed E-state index contributed by atoms with van der Waals surface area (Å²) in [5.41, 5.74) is 2.49. The van der Waals surface area contributed by atoms with Crippen LogP contribution in [0, 0.1) is 0 Å². The lowest BCUT2D eigenvalue weighted by Gasteiger charge is -2.07. The van der Waals surface area contributed by atoms with E-state index in [1.165, 1.54) is 11.1 Å². The van der Waals surface area contributed by atoms with Gasteiger partial charge in [0.1, 0.15) is 0 Å². The Labute approximate surface area is 89.4 Å². The highest BCUT2D eigenvalue weighted by Gasteiger charge is 2.03. The van der Waals surface area contributed by atoms with Gasteiger partial charge in [-0.25, -0.2) is 0 Å². The maximum atomic E-state index is 5.08. The molecule has 0 aliphatic heterocycles. The molecule has 1 rings (SSSR count). The summed E-state index contributed by atoms with van der Waals surface area (Å²) < 4.78 is 6.22. The Morgan fingerprint density at radius 2 is 2.17 bits per heavy atom. The molecule has 66 valence electrons. The van der Waals surface area contributed by atoms with Crippen LogP contribution < -0.4 is 0 Å². The summed E-state index contributed by atoms with van der Waals surface area (Å²) in [5.74, 6) is 0. The number of hydrogen-bond acceptors (Lipinski definition) is 1. The molecule has 0 unspecified atom stereocenters. The molecule has 3 heteroatoms. The quantitative estimate of drug-likeness (QED) is 0.775. The van der Waals surface area contributed by atoms with Gasteiger partial charge in [0.15, 0.2) is 0 Å². The van der Waals surface area contributed by atoms with E-state index in [0.29, 0.717) is 6.61 Å². The standard InChI is InChI=1S/C9H10Br2O/c1-12-6-7-3-2-4-9(11)8(7)5-10/h2-4H,5-6H2,1H3. The van der Waals surface area contributed by atoms with Gasteiger partial charge in [0.25, 0.3) is 0 Å². The average Bonchev–Trinajstić information content (AvgIpc) is 2.05. The number of benzene rings is 1. The minimum Gasteiger partial charge on any atom is -0.380 e. The highest BCUT2D eigenvalue weighted by Crippen LogP contribution is 2.23. The van der Waals surface area contributed by atoms with E-state index in [0.717, 1.165) is 9.80 Å². The molecular formula is C9H10Br2O. The van der Waals surface area contributed by atoms with Crippen LogP contribution >= 0.6 is 31.9 Å². The molecule has 0 fully saturated rings. The third-order valence-corrected chi connectivity index (χ3v) is 2.95. The van der Waals surface area contributed by atoms with Crippen molar-refractivity contribution in [1.29, 1.82) is 0 Å². The molecule has 0 aromatic heterocycles. The molecule has 12 heavy (non-hydrogen) atoms. The van der Waals surface area contributed by atoms with Crippen molar-refractivity contribution in [1.82, 2.24) is 0 Å². The molecule has 0 bridgehead atoms. The van der Waals surface area contributed by atoms with Crippen molar-refractivity contribution in [2.45, 2.75) is 11.9 Å². The minimum absolute atomic E-state index is 0.667. The summed E-state index contributed by atoms with van der Waals surface area (Å²) in [6.45, 7) is 0.667. The van der Waals surface area contributed by atoms with Crippen LogP contribution in [0.5, 0.6) is 0 Å². The summed E-state index contributed by atoms with van der Waals surface area (Å²) in [6, 6.07) is 6.13. The van der Waals surface area contributed by atoms with Crippen molar-refractivity contribution < 1.29 is 4.74 Å². The molecule has 0 aliphatic rings.